The van der Waals surface area contributed by atoms with Gasteiger partial charge in [-0.15, -0.1) is 11.3 Å². The molecule has 3 nitrogen and oxygen atoms in total. The monoisotopic (exact) mass is 449 g/mol. The number of hydrogen-bond acceptors (Lipinski definition) is 4. The van der Waals surface area contributed by atoms with E-state index in [4.69, 9.17) is 10.1 Å². The first-order valence-electron chi connectivity index (χ1n) is 11.8. The molecule has 0 unspecified atom stereocenters. The Morgan fingerprint density at radius 3 is 2.42 bits per heavy atom. The van der Waals surface area contributed by atoms with Crippen LogP contribution in [0.3, 0.4) is 0 Å². The van der Waals surface area contributed by atoms with Crippen LogP contribution in [0, 0.1) is 6.92 Å². The Kier molecular flexibility index (Phi) is 5.31. The summed E-state index contributed by atoms with van der Waals surface area (Å²) in [5.41, 5.74) is 10.1. The molecule has 33 heavy (non-hydrogen) atoms. The van der Waals surface area contributed by atoms with Gasteiger partial charge >= 0.3 is 0 Å². The maximum absolute atomic E-state index is 5.15. The normalized spacial score (nSPS) is 17.7. The fraction of sp³-hybridized carbons (Fsp3) is 0.241. The topological polar surface area (TPSA) is 28.5 Å². The molecule has 0 saturated heterocycles. The number of aryl methyl sites for hydroxylation is 3. The molecule has 0 radical (unpaired) electrons. The van der Waals surface area contributed by atoms with Gasteiger partial charge in [0.1, 0.15) is 0 Å². The van der Waals surface area contributed by atoms with E-state index in [1.54, 1.807) is 11.3 Å². The predicted octanol–water partition coefficient (Wildman–Crippen LogP) is 7.35. The number of rotatable bonds is 4. The molecule has 2 heterocycles. The van der Waals surface area contributed by atoms with Crippen LogP contribution < -0.4 is 5.01 Å². The number of fused-ring (bicyclic) bond motifs is 1. The molecule has 1 aliphatic heterocycles. The quantitative estimate of drug-likeness (QED) is 0.326. The Morgan fingerprint density at radius 2 is 1.61 bits per heavy atom. The zero-order valence-electron chi connectivity index (χ0n) is 18.9. The van der Waals surface area contributed by atoms with Crippen LogP contribution in [0.4, 0.5) is 5.13 Å². The lowest BCUT2D eigenvalue weighted by Gasteiger charge is -2.21. The third kappa shape index (κ3) is 4.00. The van der Waals surface area contributed by atoms with Crippen molar-refractivity contribution in [2.24, 2.45) is 5.10 Å². The number of anilines is 1. The van der Waals surface area contributed by atoms with Gasteiger partial charge in [-0.1, -0.05) is 72.3 Å². The molecule has 4 aromatic rings. The lowest BCUT2D eigenvalue weighted by atomic mass is 9.89. The molecule has 3 aromatic carbocycles. The third-order valence-electron chi connectivity index (χ3n) is 6.81. The van der Waals surface area contributed by atoms with Crippen molar-refractivity contribution < 1.29 is 0 Å². The van der Waals surface area contributed by atoms with E-state index < -0.39 is 0 Å². The lowest BCUT2D eigenvalue weighted by molar-refractivity contribution is 0.685. The summed E-state index contributed by atoms with van der Waals surface area (Å²) < 4.78 is 0. The number of thiazole rings is 1. The number of nitrogens with zero attached hydrogens (tertiary/aromatic N) is 3. The van der Waals surface area contributed by atoms with Crippen LogP contribution in [-0.4, -0.2) is 10.7 Å². The Labute approximate surface area is 199 Å². The molecule has 1 atom stereocenters. The van der Waals surface area contributed by atoms with Crippen molar-refractivity contribution in [3.63, 3.8) is 0 Å². The number of hydrazone groups is 1. The maximum Gasteiger partial charge on any atom is 0.207 e. The molecular formula is C29H27N3S. The summed E-state index contributed by atoms with van der Waals surface area (Å²) in [5.74, 6) is 0. The Hall–Kier alpha value is -3.24. The molecule has 0 N–H and O–H groups in total. The summed E-state index contributed by atoms with van der Waals surface area (Å²) in [6.07, 6.45) is 5.89. The second-order valence-corrected chi connectivity index (χ2v) is 9.93. The molecule has 0 bridgehead atoms. The molecule has 0 fully saturated rings. The molecule has 2 aliphatic rings. The summed E-state index contributed by atoms with van der Waals surface area (Å²) in [7, 11) is 0. The highest BCUT2D eigenvalue weighted by atomic mass is 32.1. The van der Waals surface area contributed by atoms with E-state index in [2.05, 4.69) is 90.1 Å². The van der Waals surface area contributed by atoms with Crippen LogP contribution in [0.5, 0.6) is 0 Å². The Bertz CT molecular complexity index is 1300. The van der Waals surface area contributed by atoms with Crippen LogP contribution in [-0.2, 0) is 12.8 Å². The Morgan fingerprint density at radius 1 is 0.848 bits per heavy atom. The summed E-state index contributed by atoms with van der Waals surface area (Å²) >= 11 is 1.67. The van der Waals surface area contributed by atoms with E-state index in [-0.39, 0.29) is 6.04 Å². The lowest BCUT2D eigenvalue weighted by Crippen LogP contribution is -2.18. The maximum atomic E-state index is 5.15. The van der Waals surface area contributed by atoms with Gasteiger partial charge in [0.05, 0.1) is 17.4 Å². The molecule has 164 valence electrons. The van der Waals surface area contributed by atoms with Crippen molar-refractivity contribution in [3.05, 3.63) is 106 Å². The molecule has 0 amide bonds. The van der Waals surface area contributed by atoms with Crippen molar-refractivity contribution in [2.45, 2.75) is 45.1 Å². The first-order valence-corrected chi connectivity index (χ1v) is 12.7. The number of hydrogen-bond donors (Lipinski definition) is 0. The summed E-state index contributed by atoms with van der Waals surface area (Å²) in [6.45, 7) is 2.11. The first kappa shape index (κ1) is 20.4. The van der Waals surface area contributed by atoms with Crippen LogP contribution in [0.1, 0.15) is 53.1 Å². The van der Waals surface area contributed by atoms with Gasteiger partial charge in [-0.05, 0) is 60.9 Å². The highest BCUT2D eigenvalue weighted by molar-refractivity contribution is 7.14. The average Bonchev–Trinajstić information content (AvgIpc) is 3.53. The molecule has 6 rings (SSSR count). The van der Waals surface area contributed by atoms with Gasteiger partial charge < -0.3 is 0 Å². The molecule has 0 saturated carbocycles. The van der Waals surface area contributed by atoms with Gasteiger partial charge in [0.2, 0.25) is 5.13 Å². The zero-order chi connectivity index (χ0) is 22.2. The van der Waals surface area contributed by atoms with Crippen molar-refractivity contribution in [3.8, 4) is 11.3 Å². The third-order valence-corrected chi connectivity index (χ3v) is 7.64. The van der Waals surface area contributed by atoms with Crippen molar-refractivity contribution in [1.82, 2.24) is 4.98 Å². The van der Waals surface area contributed by atoms with Crippen molar-refractivity contribution in [1.29, 1.82) is 0 Å². The highest BCUT2D eigenvalue weighted by Gasteiger charge is 2.32. The van der Waals surface area contributed by atoms with Gasteiger partial charge in [0.15, 0.2) is 0 Å². The predicted molar refractivity (Wildman–Crippen MR) is 138 cm³/mol. The SMILES string of the molecule is Cc1ccc(-c2csc(N3N=C(c4ccc5c(c4)CCCC5)C[C@H]3c3ccccc3)n2)cc1. The van der Waals surface area contributed by atoms with E-state index in [9.17, 15) is 0 Å². The van der Waals surface area contributed by atoms with E-state index in [0.29, 0.717) is 0 Å². The largest absolute Gasteiger partial charge is 0.231 e. The van der Waals surface area contributed by atoms with E-state index in [0.717, 1.165) is 28.5 Å². The standard InChI is InChI=1S/C29H27N3S/c1-20-11-13-22(14-12-20)27-19-33-29(30-27)32-28(23-8-3-2-4-9-23)18-26(31-32)25-16-15-21-7-5-6-10-24(21)17-25/h2-4,8-9,11-17,19,28H,5-7,10,18H2,1H3/t28-/m0/s1. The molecule has 1 aliphatic carbocycles. The van der Waals surface area contributed by atoms with Crippen LogP contribution in [0.15, 0.2) is 83.3 Å². The summed E-state index contributed by atoms with van der Waals surface area (Å²) in [5, 5.41) is 10.4. The number of aromatic nitrogens is 1. The van der Waals surface area contributed by atoms with Crippen LogP contribution in [0.25, 0.3) is 11.3 Å². The highest BCUT2D eigenvalue weighted by Crippen LogP contribution is 2.39. The van der Waals surface area contributed by atoms with Gasteiger partial charge in [-0.25, -0.2) is 9.99 Å². The smallest absolute Gasteiger partial charge is 0.207 e. The minimum Gasteiger partial charge on any atom is -0.231 e. The summed E-state index contributed by atoms with van der Waals surface area (Å²) in [6, 6.07) is 26.4. The summed E-state index contributed by atoms with van der Waals surface area (Å²) in [4.78, 5) is 5.00. The van der Waals surface area contributed by atoms with Gasteiger partial charge in [0.25, 0.3) is 0 Å². The first-order chi connectivity index (χ1) is 16.2. The molecule has 4 heteroatoms. The molecule has 0 spiro atoms. The van der Waals surface area contributed by atoms with E-state index in [1.165, 1.54) is 53.5 Å². The van der Waals surface area contributed by atoms with Gasteiger partial charge in [-0.3, -0.25) is 0 Å². The van der Waals surface area contributed by atoms with Crippen LogP contribution >= 0.6 is 11.3 Å². The molecular weight excluding hydrogens is 422 g/mol. The van der Waals surface area contributed by atoms with Gasteiger partial charge in [0, 0.05) is 17.4 Å². The van der Waals surface area contributed by atoms with E-state index in [1.807, 2.05) is 0 Å². The fourth-order valence-corrected chi connectivity index (χ4v) is 5.77. The van der Waals surface area contributed by atoms with E-state index >= 15 is 0 Å². The average molecular weight is 450 g/mol. The van der Waals surface area contributed by atoms with Crippen molar-refractivity contribution >= 4 is 22.2 Å². The minimum atomic E-state index is 0.161. The second kappa shape index (κ2) is 8.60. The fourth-order valence-electron chi connectivity index (χ4n) is 4.94. The zero-order valence-corrected chi connectivity index (χ0v) is 19.7. The molecule has 1 aromatic heterocycles. The van der Waals surface area contributed by atoms with Crippen molar-refractivity contribution in [2.75, 3.05) is 5.01 Å². The number of benzene rings is 3. The second-order valence-electron chi connectivity index (χ2n) is 9.09. The minimum absolute atomic E-state index is 0.161. The van der Waals surface area contributed by atoms with Crippen LogP contribution in [0.2, 0.25) is 0 Å². The Balaban J connectivity index is 1.37. The van der Waals surface area contributed by atoms with Gasteiger partial charge in [-0.2, -0.15) is 5.10 Å².